The van der Waals surface area contributed by atoms with E-state index in [2.05, 4.69) is 26.1 Å². The van der Waals surface area contributed by atoms with E-state index in [1.54, 1.807) is 4.90 Å². The summed E-state index contributed by atoms with van der Waals surface area (Å²) in [6.45, 7) is 10.5. The average Bonchev–Trinajstić information content (AvgIpc) is 2.30. The minimum absolute atomic E-state index is 0.0133. The van der Waals surface area contributed by atoms with E-state index in [0.29, 0.717) is 5.92 Å². The molecule has 1 saturated heterocycles. The van der Waals surface area contributed by atoms with Crippen LogP contribution in [0.15, 0.2) is 0 Å². The van der Waals surface area contributed by atoms with E-state index in [1.165, 1.54) is 0 Å². The number of nitrogens with one attached hydrogen (secondary N) is 1. The molecule has 1 rings (SSSR count). The van der Waals surface area contributed by atoms with Gasteiger partial charge in [-0.2, -0.15) is 0 Å². The first-order chi connectivity index (χ1) is 8.38. The van der Waals surface area contributed by atoms with Gasteiger partial charge in [0.1, 0.15) is 6.04 Å². The molecule has 104 valence electrons. The number of nitrogens with zero attached hydrogens (tertiary/aromatic N) is 1. The van der Waals surface area contributed by atoms with Crippen LogP contribution in [0.2, 0.25) is 0 Å². The zero-order valence-corrected chi connectivity index (χ0v) is 12.2. The molecule has 1 aliphatic rings. The van der Waals surface area contributed by atoms with Crippen molar-refractivity contribution >= 4 is 11.8 Å². The van der Waals surface area contributed by atoms with Crippen LogP contribution in [0.25, 0.3) is 0 Å². The lowest BCUT2D eigenvalue weighted by Crippen LogP contribution is -2.62. The van der Waals surface area contributed by atoms with Gasteiger partial charge >= 0.3 is 0 Å². The third-order valence-electron chi connectivity index (χ3n) is 3.82. The summed E-state index contributed by atoms with van der Waals surface area (Å²) >= 11 is 0. The molecule has 0 radical (unpaired) electrons. The van der Waals surface area contributed by atoms with Gasteiger partial charge < -0.3 is 10.2 Å². The topological polar surface area (TPSA) is 49.4 Å². The number of rotatable bonds is 5. The van der Waals surface area contributed by atoms with Crippen molar-refractivity contribution in [2.75, 3.05) is 6.54 Å². The molecule has 1 fully saturated rings. The number of hydrogen-bond donors (Lipinski definition) is 1. The van der Waals surface area contributed by atoms with Gasteiger partial charge in [-0.05, 0) is 25.2 Å². The Hall–Kier alpha value is -1.06. The van der Waals surface area contributed by atoms with Crippen LogP contribution >= 0.6 is 0 Å². The predicted molar refractivity (Wildman–Crippen MR) is 72.0 cm³/mol. The molecule has 0 aromatic carbocycles. The minimum atomic E-state index is -0.315. The molecule has 1 heterocycles. The summed E-state index contributed by atoms with van der Waals surface area (Å²) in [5.74, 6) is 0.754. The first kappa shape index (κ1) is 15.0. The van der Waals surface area contributed by atoms with Gasteiger partial charge in [-0.3, -0.25) is 9.59 Å². The molecule has 3 unspecified atom stereocenters. The van der Waals surface area contributed by atoms with Crippen LogP contribution in [0.4, 0.5) is 0 Å². The summed E-state index contributed by atoms with van der Waals surface area (Å²) in [6, 6.07) is -0.184. The molecule has 3 atom stereocenters. The Labute approximate surface area is 110 Å². The fourth-order valence-corrected chi connectivity index (χ4v) is 2.65. The number of carbonyl (C=O) groups is 2. The molecule has 4 nitrogen and oxygen atoms in total. The maximum absolute atomic E-state index is 12.1. The van der Waals surface area contributed by atoms with Gasteiger partial charge in [0.15, 0.2) is 0 Å². The molecule has 1 aliphatic heterocycles. The summed E-state index contributed by atoms with van der Waals surface area (Å²) in [4.78, 5) is 25.8. The van der Waals surface area contributed by atoms with Crippen molar-refractivity contribution in [3.05, 3.63) is 0 Å². The van der Waals surface area contributed by atoms with Crippen molar-refractivity contribution in [3.8, 4) is 0 Å². The molecular weight excluding hydrogens is 228 g/mol. The second-order valence-electron chi connectivity index (χ2n) is 5.81. The van der Waals surface area contributed by atoms with E-state index in [0.717, 1.165) is 12.8 Å². The lowest BCUT2D eigenvalue weighted by atomic mass is 9.93. The lowest BCUT2D eigenvalue weighted by molar-refractivity contribution is -0.150. The van der Waals surface area contributed by atoms with Crippen molar-refractivity contribution in [2.24, 2.45) is 11.8 Å². The monoisotopic (exact) mass is 254 g/mol. The molecule has 2 amide bonds. The normalized spacial score (nSPS) is 24.1. The standard InChI is InChI=1S/C14H26N2O2/c1-6-10(4)7-11(5)16-12(17)8-15-14(18)13(16)9(2)3/h9-11,13H,6-8H2,1-5H3,(H,15,18). The van der Waals surface area contributed by atoms with Crippen molar-refractivity contribution < 1.29 is 9.59 Å². The van der Waals surface area contributed by atoms with Crippen LogP contribution in [-0.2, 0) is 9.59 Å². The van der Waals surface area contributed by atoms with Crippen LogP contribution < -0.4 is 5.32 Å². The van der Waals surface area contributed by atoms with E-state index in [1.807, 2.05) is 13.8 Å². The van der Waals surface area contributed by atoms with Crippen molar-refractivity contribution in [1.82, 2.24) is 10.2 Å². The maximum atomic E-state index is 12.1. The Morgan fingerprint density at radius 1 is 1.28 bits per heavy atom. The van der Waals surface area contributed by atoms with Crippen LogP contribution in [0.1, 0.15) is 47.5 Å². The zero-order valence-electron chi connectivity index (χ0n) is 12.2. The summed E-state index contributed by atoms with van der Waals surface area (Å²) in [6.07, 6.45) is 2.06. The molecular formula is C14H26N2O2. The molecule has 0 aromatic heterocycles. The highest BCUT2D eigenvalue weighted by atomic mass is 16.2. The number of carbonyl (C=O) groups excluding carboxylic acids is 2. The Morgan fingerprint density at radius 2 is 1.89 bits per heavy atom. The van der Waals surface area contributed by atoms with Crippen LogP contribution in [0.3, 0.4) is 0 Å². The highest BCUT2D eigenvalue weighted by Crippen LogP contribution is 2.22. The smallest absolute Gasteiger partial charge is 0.243 e. The van der Waals surface area contributed by atoms with Gasteiger partial charge in [0.2, 0.25) is 11.8 Å². The second kappa shape index (κ2) is 6.21. The fourth-order valence-electron chi connectivity index (χ4n) is 2.65. The molecule has 0 spiro atoms. The van der Waals surface area contributed by atoms with Crippen LogP contribution in [0, 0.1) is 11.8 Å². The molecule has 0 bridgehead atoms. The molecule has 4 heteroatoms. The van der Waals surface area contributed by atoms with Crippen LogP contribution in [0.5, 0.6) is 0 Å². The molecule has 0 aromatic rings. The zero-order chi connectivity index (χ0) is 13.9. The molecule has 0 aliphatic carbocycles. The van der Waals surface area contributed by atoms with Crippen LogP contribution in [-0.4, -0.2) is 35.3 Å². The maximum Gasteiger partial charge on any atom is 0.243 e. The highest BCUT2D eigenvalue weighted by molar-refractivity contribution is 5.95. The summed E-state index contributed by atoms with van der Waals surface area (Å²) in [5, 5.41) is 2.69. The Kier molecular flexibility index (Phi) is 5.17. The fraction of sp³-hybridized carbons (Fsp3) is 0.857. The van der Waals surface area contributed by atoms with E-state index >= 15 is 0 Å². The Balaban J connectivity index is 2.85. The Morgan fingerprint density at radius 3 is 2.39 bits per heavy atom. The summed E-state index contributed by atoms with van der Waals surface area (Å²) < 4.78 is 0. The van der Waals surface area contributed by atoms with Gasteiger partial charge in [-0.25, -0.2) is 0 Å². The molecule has 18 heavy (non-hydrogen) atoms. The quantitative estimate of drug-likeness (QED) is 0.813. The highest BCUT2D eigenvalue weighted by Gasteiger charge is 2.39. The van der Waals surface area contributed by atoms with Gasteiger partial charge in [0.25, 0.3) is 0 Å². The SMILES string of the molecule is CCC(C)CC(C)N1C(=O)CNC(=O)C1C(C)C. The first-order valence-corrected chi connectivity index (χ1v) is 6.97. The van der Waals surface area contributed by atoms with E-state index in [4.69, 9.17) is 0 Å². The predicted octanol–water partition coefficient (Wildman–Crippen LogP) is 1.79. The van der Waals surface area contributed by atoms with E-state index in [9.17, 15) is 9.59 Å². The van der Waals surface area contributed by atoms with Gasteiger partial charge in [-0.15, -0.1) is 0 Å². The average molecular weight is 254 g/mol. The number of hydrogen-bond acceptors (Lipinski definition) is 2. The van der Waals surface area contributed by atoms with E-state index in [-0.39, 0.29) is 36.4 Å². The van der Waals surface area contributed by atoms with Gasteiger partial charge in [-0.1, -0.05) is 34.1 Å². The van der Waals surface area contributed by atoms with Crippen molar-refractivity contribution in [3.63, 3.8) is 0 Å². The number of amides is 2. The third-order valence-corrected chi connectivity index (χ3v) is 3.82. The lowest BCUT2D eigenvalue weighted by Gasteiger charge is -2.41. The van der Waals surface area contributed by atoms with Crippen molar-refractivity contribution in [1.29, 1.82) is 0 Å². The third kappa shape index (κ3) is 3.24. The first-order valence-electron chi connectivity index (χ1n) is 6.97. The van der Waals surface area contributed by atoms with Gasteiger partial charge in [0.05, 0.1) is 6.54 Å². The largest absolute Gasteiger partial charge is 0.345 e. The number of piperazine rings is 1. The molecule has 0 saturated carbocycles. The minimum Gasteiger partial charge on any atom is -0.345 e. The van der Waals surface area contributed by atoms with Crippen molar-refractivity contribution in [2.45, 2.75) is 59.5 Å². The summed E-state index contributed by atoms with van der Waals surface area (Å²) in [7, 11) is 0. The molecule has 1 N–H and O–H groups in total. The Bertz CT molecular complexity index is 315. The van der Waals surface area contributed by atoms with E-state index < -0.39 is 0 Å². The summed E-state index contributed by atoms with van der Waals surface area (Å²) in [5.41, 5.74) is 0. The second-order valence-corrected chi connectivity index (χ2v) is 5.81. The van der Waals surface area contributed by atoms with Gasteiger partial charge in [0, 0.05) is 6.04 Å².